The average molecular weight is 265 g/mol. The number of ether oxygens (including phenoxy) is 2. The molecule has 1 aliphatic rings. The molecule has 0 spiro atoms. The van der Waals surface area contributed by atoms with Crippen LogP contribution in [0.1, 0.15) is 0 Å². The second-order valence-corrected chi connectivity index (χ2v) is 3.52. The maximum absolute atomic E-state index is 11.8. The molecule has 1 saturated heterocycles. The van der Waals surface area contributed by atoms with Gasteiger partial charge in [-0.2, -0.15) is 13.2 Å². The molecule has 1 rings (SSSR count). The van der Waals surface area contributed by atoms with E-state index in [1.54, 1.807) is 0 Å². The van der Waals surface area contributed by atoms with Crippen molar-refractivity contribution in [1.82, 2.24) is 4.90 Å². The molecule has 1 aliphatic heterocycles. The normalized spacial score (nSPS) is 21.1. The van der Waals surface area contributed by atoms with Crippen molar-refractivity contribution in [3.63, 3.8) is 0 Å². The number of halogens is 3. The molecule has 0 aromatic carbocycles. The van der Waals surface area contributed by atoms with Gasteiger partial charge in [-0.3, -0.25) is 9.69 Å². The summed E-state index contributed by atoms with van der Waals surface area (Å²) in [6, 6.07) is 0. The minimum absolute atomic E-state index is 0.200. The smallest absolute Gasteiger partial charge is 0.385 e. The van der Waals surface area contributed by atoms with Crippen molar-refractivity contribution >= 4 is 11.9 Å². The predicted molar refractivity (Wildman–Crippen MR) is 52.2 cm³/mol. The Labute approximate surface area is 101 Å². The predicted octanol–water partition coefficient (Wildman–Crippen LogP) is -0.0475. The van der Waals surface area contributed by atoms with Crippen LogP contribution in [0.2, 0.25) is 0 Å². The topological polar surface area (TPSA) is 55.8 Å². The fraction of sp³-hybridized carbons (Fsp3) is 0.600. The molecule has 18 heavy (non-hydrogen) atoms. The number of morpholine rings is 1. The molecule has 0 saturated carbocycles. The number of esters is 2. The third-order valence-corrected chi connectivity index (χ3v) is 2.13. The van der Waals surface area contributed by atoms with Gasteiger partial charge in [-0.1, -0.05) is 5.92 Å². The van der Waals surface area contributed by atoms with E-state index in [9.17, 15) is 22.8 Å². The molecule has 0 N–H and O–H groups in total. The summed E-state index contributed by atoms with van der Waals surface area (Å²) in [6.45, 7) is 0.345. The molecular weight excluding hydrogens is 255 g/mol. The molecule has 0 aromatic heterocycles. The standard InChI is InChI=1S/C10H10F3NO4/c1-2-7-5-14(3-4-17-7)6-8(15)18-9(16)10(11,12)13/h1,7H,3-6H2. The van der Waals surface area contributed by atoms with Crippen molar-refractivity contribution in [2.24, 2.45) is 0 Å². The van der Waals surface area contributed by atoms with E-state index in [1.165, 1.54) is 4.90 Å². The molecule has 0 amide bonds. The van der Waals surface area contributed by atoms with Gasteiger partial charge in [-0.25, -0.2) is 4.79 Å². The van der Waals surface area contributed by atoms with Crippen LogP contribution in [0.15, 0.2) is 0 Å². The van der Waals surface area contributed by atoms with Gasteiger partial charge in [-0.05, 0) is 0 Å². The first-order chi connectivity index (χ1) is 8.32. The molecule has 1 unspecified atom stereocenters. The zero-order valence-corrected chi connectivity index (χ0v) is 9.20. The number of alkyl halides is 3. The molecule has 1 atom stereocenters. The Morgan fingerprint density at radius 1 is 1.50 bits per heavy atom. The quantitative estimate of drug-likeness (QED) is 0.398. The van der Waals surface area contributed by atoms with Crippen molar-refractivity contribution in [3.8, 4) is 12.3 Å². The first-order valence-electron chi connectivity index (χ1n) is 4.95. The summed E-state index contributed by atoms with van der Waals surface area (Å²) in [4.78, 5) is 22.9. The van der Waals surface area contributed by atoms with Crippen molar-refractivity contribution in [2.75, 3.05) is 26.2 Å². The molecule has 100 valence electrons. The zero-order valence-electron chi connectivity index (χ0n) is 9.20. The molecule has 1 heterocycles. The first-order valence-corrected chi connectivity index (χ1v) is 4.95. The summed E-state index contributed by atoms with van der Waals surface area (Å²) in [6.07, 6.45) is -0.588. The van der Waals surface area contributed by atoms with Gasteiger partial charge in [0.2, 0.25) is 0 Å². The lowest BCUT2D eigenvalue weighted by atomic mass is 10.3. The van der Waals surface area contributed by atoms with E-state index in [2.05, 4.69) is 10.7 Å². The second-order valence-electron chi connectivity index (χ2n) is 3.52. The van der Waals surface area contributed by atoms with Gasteiger partial charge in [0, 0.05) is 13.1 Å². The molecule has 1 fully saturated rings. The molecule has 5 nitrogen and oxygen atoms in total. The lowest BCUT2D eigenvalue weighted by Gasteiger charge is -2.29. The van der Waals surface area contributed by atoms with Crippen molar-refractivity contribution < 1.29 is 32.2 Å². The molecular formula is C10H10F3NO4. The fourth-order valence-electron chi connectivity index (χ4n) is 1.32. The Hall–Kier alpha value is -1.59. The van der Waals surface area contributed by atoms with Crippen LogP contribution in [0.25, 0.3) is 0 Å². The van der Waals surface area contributed by atoms with E-state index in [4.69, 9.17) is 11.2 Å². The number of hydrogen-bond acceptors (Lipinski definition) is 5. The van der Waals surface area contributed by atoms with Gasteiger partial charge >= 0.3 is 18.1 Å². The SMILES string of the molecule is C#CC1CN(CC(=O)OC(=O)C(F)(F)F)CCO1. The number of hydrogen-bond donors (Lipinski definition) is 0. The zero-order chi connectivity index (χ0) is 13.8. The minimum atomic E-state index is -5.18. The number of carbonyl (C=O) groups excluding carboxylic acids is 2. The first kappa shape index (κ1) is 14.5. The van der Waals surface area contributed by atoms with Crippen LogP contribution in [0, 0.1) is 12.3 Å². The van der Waals surface area contributed by atoms with E-state index in [0.29, 0.717) is 6.54 Å². The summed E-state index contributed by atoms with van der Waals surface area (Å²) >= 11 is 0. The second kappa shape index (κ2) is 5.84. The van der Waals surface area contributed by atoms with E-state index >= 15 is 0 Å². The number of rotatable bonds is 2. The average Bonchev–Trinajstić information content (AvgIpc) is 2.27. The number of carbonyl (C=O) groups is 2. The lowest BCUT2D eigenvalue weighted by Crippen LogP contribution is -2.45. The van der Waals surface area contributed by atoms with Crippen LogP contribution < -0.4 is 0 Å². The highest BCUT2D eigenvalue weighted by atomic mass is 19.4. The Morgan fingerprint density at radius 2 is 2.17 bits per heavy atom. The highest BCUT2D eigenvalue weighted by Gasteiger charge is 2.42. The van der Waals surface area contributed by atoms with Gasteiger partial charge < -0.3 is 9.47 Å². The van der Waals surface area contributed by atoms with E-state index in [1.807, 2.05) is 0 Å². The lowest BCUT2D eigenvalue weighted by molar-refractivity contribution is -0.202. The third-order valence-electron chi connectivity index (χ3n) is 2.13. The maximum atomic E-state index is 11.8. The van der Waals surface area contributed by atoms with Gasteiger partial charge in [0.05, 0.1) is 13.2 Å². The summed E-state index contributed by atoms with van der Waals surface area (Å²) in [7, 11) is 0. The largest absolute Gasteiger partial charge is 0.491 e. The Kier molecular flexibility index (Phi) is 4.69. The van der Waals surface area contributed by atoms with E-state index in [-0.39, 0.29) is 13.2 Å². The molecule has 0 aliphatic carbocycles. The van der Waals surface area contributed by atoms with Crippen molar-refractivity contribution in [2.45, 2.75) is 12.3 Å². The summed E-state index contributed by atoms with van der Waals surface area (Å²) < 4.78 is 44.2. The molecule has 0 aromatic rings. The molecule has 0 bridgehead atoms. The highest BCUT2D eigenvalue weighted by molar-refractivity contribution is 5.89. The van der Waals surface area contributed by atoms with E-state index in [0.717, 1.165) is 0 Å². The van der Waals surface area contributed by atoms with Crippen LogP contribution in [0.5, 0.6) is 0 Å². The van der Waals surface area contributed by atoms with Crippen LogP contribution in [0.4, 0.5) is 13.2 Å². The van der Waals surface area contributed by atoms with Gasteiger partial charge in [-0.15, -0.1) is 6.42 Å². The fourth-order valence-corrected chi connectivity index (χ4v) is 1.32. The minimum Gasteiger partial charge on any atom is -0.385 e. The number of terminal acetylenes is 1. The van der Waals surface area contributed by atoms with Crippen LogP contribution in [0.3, 0.4) is 0 Å². The molecule has 0 radical (unpaired) electrons. The van der Waals surface area contributed by atoms with E-state index < -0.39 is 30.8 Å². The Bertz CT molecular complexity index is 374. The number of nitrogens with zero attached hydrogens (tertiary/aromatic N) is 1. The third kappa shape index (κ3) is 4.35. The Balaban J connectivity index is 2.41. The van der Waals surface area contributed by atoms with Crippen LogP contribution >= 0.6 is 0 Å². The van der Waals surface area contributed by atoms with Gasteiger partial charge in [0.25, 0.3) is 0 Å². The van der Waals surface area contributed by atoms with Gasteiger partial charge in [0.15, 0.2) is 0 Å². The Morgan fingerprint density at radius 3 is 2.72 bits per heavy atom. The highest BCUT2D eigenvalue weighted by Crippen LogP contribution is 2.16. The monoisotopic (exact) mass is 265 g/mol. The van der Waals surface area contributed by atoms with Crippen LogP contribution in [-0.2, 0) is 19.1 Å². The summed E-state index contributed by atoms with van der Waals surface area (Å²) in [5.41, 5.74) is 0. The van der Waals surface area contributed by atoms with Crippen molar-refractivity contribution in [1.29, 1.82) is 0 Å². The summed E-state index contributed by atoms with van der Waals surface area (Å²) in [5.74, 6) is -1.48. The molecule has 8 heteroatoms. The van der Waals surface area contributed by atoms with Crippen molar-refractivity contribution in [3.05, 3.63) is 0 Å². The van der Waals surface area contributed by atoms with Crippen LogP contribution in [-0.4, -0.2) is 55.4 Å². The van der Waals surface area contributed by atoms with Gasteiger partial charge in [0.1, 0.15) is 6.10 Å². The summed E-state index contributed by atoms with van der Waals surface area (Å²) in [5, 5.41) is 0. The maximum Gasteiger partial charge on any atom is 0.491 e.